The van der Waals surface area contributed by atoms with Gasteiger partial charge in [0.15, 0.2) is 0 Å². The lowest BCUT2D eigenvalue weighted by Gasteiger charge is -2.15. The number of nitrogens with zero attached hydrogens (tertiary/aromatic N) is 15. The quantitative estimate of drug-likeness (QED) is 0.0503. The second kappa shape index (κ2) is 40.0. The summed E-state index contributed by atoms with van der Waals surface area (Å²) in [6.07, 6.45) is 25.6. The van der Waals surface area contributed by atoms with E-state index in [0.717, 1.165) is 67.0 Å². The van der Waals surface area contributed by atoms with Crippen LogP contribution in [0.4, 0.5) is 11.4 Å². The first kappa shape index (κ1) is 84.8. The molecule has 129 heavy (non-hydrogen) atoms. The summed E-state index contributed by atoms with van der Waals surface area (Å²) in [6.45, 7) is 0.768. The molecule has 0 spiro atoms. The van der Waals surface area contributed by atoms with Crippen molar-refractivity contribution in [1.82, 2.24) is 77.3 Å². The molecule has 8 aromatic heterocycles. The average Bonchev–Trinajstić information content (AvgIpc) is 1.63. The van der Waals surface area contributed by atoms with Gasteiger partial charge in [-0.2, -0.15) is 29.3 Å². The predicted molar refractivity (Wildman–Crippen MR) is 504 cm³/mol. The van der Waals surface area contributed by atoms with Gasteiger partial charge in [0, 0.05) is 81.6 Å². The predicted octanol–water partition coefficient (Wildman–Crippen LogP) is 21.0. The van der Waals surface area contributed by atoms with Gasteiger partial charge in [-0.3, -0.25) is 29.7 Å². The number of H-pyrrole nitrogens is 1. The van der Waals surface area contributed by atoms with E-state index in [2.05, 4.69) is 99.7 Å². The van der Waals surface area contributed by atoms with Crippen molar-refractivity contribution < 1.29 is 14.2 Å². The summed E-state index contributed by atoms with van der Waals surface area (Å²) < 4.78 is 30.5. The molecule has 0 aliphatic carbocycles. The maximum absolute atomic E-state index is 13.4. The molecule has 634 valence electrons. The van der Waals surface area contributed by atoms with Gasteiger partial charge in [0.2, 0.25) is 11.5 Å². The van der Waals surface area contributed by atoms with Crippen LogP contribution >= 0.6 is 46.4 Å². The maximum Gasteiger partial charge on any atom is 0.316 e. The Balaban J connectivity index is 0.000000121. The molecule has 0 atom stereocenters. The van der Waals surface area contributed by atoms with Crippen LogP contribution < -0.4 is 47.3 Å². The van der Waals surface area contributed by atoms with Crippen molar-refractivity contribution in [2.45, 2.75) is 19.6 Å². The number of rotatable bonds is 23. The molecule has 0 saturated heterocycles. The molecule has 20 aromatic rings. The van der Waals surface area contributed by atoms with E-state index < -0.39 is 5.56 Å². The van der Waals surface area contributed by atoms with E-state index >= 15 is 0 Å². The Hall–Kier alpha value is -16.5. The summed E-state index contributed by atoms with van der Waals surface area (Å²) in [4.78, 5) is 69.7. The van der Waals surface area contributed by atoms with Crippen LogP contribution in [0.1, 0.15) is 22.4 Å². The minimum atomic E-state index is -0.392. The van der Waals surface area contributed by atoms with Gasteiger partial charge in [-0.25, -0.2) is 24.6 Å². The fourth-order valence-corrected chi connectivity index (χ4v) is 14.3. The second-order valence-corrected chi connectivity index (χ2v) is 30.7. The van der Waals surface area contributed by atoms with Crippen molar-refractivity contribution in [3.63, 3.8) is 0 Å². The standard InChI is InChI=1S/C26H19ClN4O2.C26H21ClN4O.C25H19ClN6O2.C23H15ClN4O2/c27-22-10-12-23(13-11-22)31-26(32)25(24(16-29-31)30-15-14-28-18-30)33-17-19-6-8-21(9-7-19)20-4-2-1-3-5-20;27-22-10-12-23(13-11-22)31-26(32)24(25(29-31)17-30-15-14-28-18-30)16-19-6-8-21(9-7-19)20-4-2-1-3-5-20;26-18-6-10-20(11-7-18)32-25(33)24(23(16-28-32)31-15-14-27-17-31)30-29-19-8-12-22(13-9-19)34-21-4-2-1-3-5-21;24-18-6-8-19(9-7-18)28-23(29)22(21(14-26-28)27-12-11-25-15-27)30-20-10-5-16-3-1-2-4-17(16)13-20/h1-16,18H,17H2;1-15,18,29H,16-17H2;1-17,29-30H;1-15H. The number of aromatic nitrogens is 16. The molecular weight excluding hydrogens is 1710 g/mol. The van der Waals surface area contributed by atoms with Crippen LogP contribution in [-0.4, -0.2) is 77.3 Å². The lowest BCUT2D eigenvalue weighted by molar-refractivity contribution is 0.298. The fraction of sp³-hybridized carbons (Fsp3) is 0.0300. The highest BCUT2D eigenvalue weighted by molar-refractivity contribution is 6.31. The zero-order chi connectivity index (χ0) is 88.4. The molecule has 0 fully saturated rings. The molecule has 0 aliphatic heterocycles. The highest BCUT2D eigenvalue weighted by atomic mass is 35.5. The molecule has 3 N–H and O–H groups in total. The minimum Gasteiger partial charge on any atom is -0.481 e. The first-order valence-corrected chi connectivity index (χ1v) is 41.8. The van der Waals surface area contributed by atoms with Crippen LogP contribution in [0.2, 0.25) is 20.1 Å². The van der Waals surface area contributed by atoms with Gasteiger partial charge in [-0.15, -0.1) is 0 Å². The molecule has 8 heterocycles. The molecule has 12 aromatic carbocycles. The van der Waals surface area contributed by atoms with Gasteiger partial charge < -0.3 is 37.9 Å². The number of benzene rings is 12. The van der Waals surface area contributed by atoms with Crippen molar-refractivity contribution in [2.75, 3.05) is 10.9 Å². The van der Waals surface area contributed by atoms with Crippen LogP contribution in [0.15, 0.2) is 416 Å². The summed E-state index contributed by atoms with van der Waals surface area (Å²) in [5.74, 6) is 2.34. The molecule has 0 aliphatic rings. The SMILES string of the molecule is O=c1c(Cc2ccc(-c3ccccc3)cc2)c(Cn2ccnc2)[nH]n1-c1ccc(Cl)cc1.O=c1c(NNc2ccc(Oc3ccccc3)cc2)c(-n2ccnc2)cnn1-c1ccc(Cl)cc1.O=c1c(OCc2ccc(-c3ccccc3)cc2)c(-n2ccnc2)cnn1-c1ccc(Cl)cc1.O=c1c(Oc2ccc3ccccc3c2)c(-n2ccnc2)cnn1-c1ccc(Cl)cc1. The topological polar surface area (TPSA) is 265 Å². The zero-order valence-corrected chi connectivity index (χ0v) is 71.3. The van der Waals surface area contributed by atoms with E-state index in [1.807, 2.05) is 181 Å². The number of ether oxygens (including phenoxy) is 3. The molecular formula is C100H74Cl4N18O7. The number of hydrogen-bond donors (Lipinski definition) is 3. The number of imidazole rings is 4. The van der Waals surface area contributed by atoms with Crippen molar-refractivity contribution in [1.29, 1.82) is 0 Å². The number of halogens is 4. The van der Waals surface area contributed by atoms with Gasteiger partial charge in [-0.05, 0) is 190 Å². The first-order valence-electron chi connectivity index (χ1n) is 40.3. The molecule has 0 amide bonds. The summed E-state index contributed by atoms with van der Waals surface area (Å²) in [5.41, 5.74) is 18.3. The highest BCUT2D eigenvalue weighted by Gasteiger charge is 2.22. The van der Waals surface area contributed by atoms with Gasteiger partial charge in [0.05, 0.1) is 90.3 Å². The number of fused-ring (bicyclic) bond motifs is 1. The van der Waals surface area contributed by atoms with E-state index in [0.29, 0.717) is 84.4 Å². The number of nitrogens with one attached hydrogen (secondary N) is 3. The molecule has 0 unspecified atom stereocenters. The summed E-state index contributed by atoms with van der Waals surface area (Å²) in [7, 11) is 0. The van der Waals surface area contributed by atoms with E-state index in [-0.39, 0.29) is 34.8 Å². The van der Waals surface area contributed by atoms with Crippen molar-refractivity contribution in [2.24, 2.45) is 0 Å². The summed E-state index contributed by atoms with van der Waals surface area (Å²) in [6, 6.07) is 95.3. The number of hydrogen-bond acceptors (Lipinski definition) is 16. The van der Waals surface area contributed by atoms with Gasteiger partial charge in [0.1, 0.15) is 40.9 Å². The minimum absolute atomic E-state index is 0.0606. The van der Waals surface area contributed by atoms with E-state index in [9.17, 15) is 19.2 Å². The van der Waals surface area contributed by atoms with Crippen molar-refractivity contribution >= 4 is 68.6 Å². The monoisotopic (exact) mass is 1780 g/mol. The van der Waals surface area contributed by atoms with Gasteiger partial charge in [-0.1, -0.05) is 204 Å². The number of aromatic amines is 1. The Morgan fingerprint density at radius 1 is 0.349 bits per heavy atom. The fourth-order valence-electron chi connectivity index (χ4n) is 13.8. The maximum atomic E-state index is 13.4. The van der Waals surface area contributed by atoms with Crippen LogP contribution in [0.25, 0.3) is 72.8 Å². The largest absolute Gasteiger partial charge is 0.481 e. The third-order valence-corrected chi connectivity index (χ3v) is 21.4. The Kier molecular flexibility index (Phi) is 26.3. The average molecular weight is 1780 g/mol. The molecule has 20 rings (SSSR count). The lowest BCUT2D eigenvalue weighted by Crippen LogP contribution is -2.28. The third-order valence-electron chi connectivity index (χ3n) is 20.4. The molecule has 0 saturated carbocycles. The summed E-state index contributed by atoms with van der Waals surface area (Å²) >= 11 is 24.0. The van der Waals surface area contributed by atoms with Gasteiger partial charge in [0.25, 0.3) is 11.1 Å². The van der Waals surface area contributed by atoms with Crippen LogP contribution in [-0.2, 0) is 19.6 Å². The summed E-state index contributed by atoms with van der Waals surface area (Å²) in [5, 5.41) is 20.7. The molecule has 0 bridgehead atoms. The Labute approximate surface area is 757 Å². The van der Waals surface area contributed by atoms with E-state index in [1.165, 1.54) is 19.6 Å². The number of para-hydroxylation sites is 1. The Morgan fingerprint density at radius 3 is 1.29 bits per heavy atom. The highest BCUT2D eigenvalue weighted by Crippen LogP contribution is 2.32. The molecule has 29 heteroatoms. The second-order valence-electron chi connectivity index (χ2n) is 28.9. The zero-order valence-electron chi connectivity index (χ0n) is 68.2. The Bertz CT molecular complexity index is 7380. The van der Waals surface area contributed by atoms with Crippen LogP contribution in [0.3, 0.4) is 0 Å². The first-order chi connectivity index (χ1) is 63.2. The van der Waals surface area contributed by atoms with Gasteiger partial charge >= 0.3 is 11.1 Å². The van der Waals surface area contributed by atoms with E-state index in [4.69, 9.17) is 60.6 Å². The lowest BCUT2D eigenvalue weighted by atomic mass is 10.0. The molecule has 0 radical (unpaired) electrons. The van der Waals surface area contributed by atoms with E-state index in [1.54, 1.807) is 191 Å². The van der Waals surface area contributed by atoms with Crippen molar-refractivity contribution in [3.05, 3.63) is 481 Å². The van der Waals surface area contributed by atoms with Crippen LogP contribution in [0, 0.1) is 0 Å². The van der Waals surface area contributed by atoms with Crippen LogP contribution in [0.5, 0.6) is 28.7 Å². The number of anilines is 2. The normalized spacial score (nSPS) is 10.9. The van der Waals surface area contributed by atoms with Crippen molar-refractivity contribution in [3.8, 4) is 90.8 Å². The smallest absolute Gasteiger partial charge is 0.316 e. The number of hydrazine groups is 1. The third kappa shape index (κ3) is 20.7. The molecule has 25 nitrogen and oxygen atoms in total. The Morgan fingerprint density at radius 2 is 0.775 bits per heavy atom.